The summed E-state index contributed by atoms with van der Waals surface area (Å²) in [6.45, 7) is 6.39. The molecule has 0 saturated carbocycles. The van der Waals surface area contributed by atoms with Crippen LogP contribution in [0, 0.1) is 6.92 Å². The molecule has 1 N–H and O–H groups in total. The van der Waals surface area contributed by atoms with Crippen LogP contribution in [0.15, 0.2) is 18.2 Å². The molecule has 2 nitrogen and oxygen atoms in total. The first kappa shape index (κ1) is 16.8. The Morgan fingerprint density at radius 3 is 2.95 bits per heavy atom. The number of benzene rings is 1. The predicted molar refractivity (Wildman–Crippen MR) is 90.0 cm³/mol. The summed E-state index contributed by atoms with van der Waals surface area (Å²) in [5, 5.41) is 4.51. The van der Waals surface area contributed by atoms with Crippen LogP contribution in [0.25, 0.3) is 0 Å². The lowest BCUT2D eigenvalue weighted by Gasteiger charge is -2.22. The van der Waals surface area contributed by atoms with Gasteiger partial charge >= 0.3 is 0 Å². The molecule has 1 saturated heterocycles. The molecule has 2 unspecified atom stereocenters. The molecule has 1 aromatic carbocycles. The summed E-state index contributed by atoms with van der Waals surface area (Å²) in [7, 11) is 0. The Kier molecular flexibility index (Phi) is 7.01. The highest BCUT2D eigenvalue weighted by Gasteiger charge is 2.17. The Morgan fingerprint density at radius 2 is 2.29 bits per heavy atom. The van der Waals surface area contributed by atoms with Gasteiger partial charge in [-0.25, -0.2) is 0 Å². The van der Waals surface area contributed by atoms with E-state index in [9.17, 15) is 0 Å². The Morgan fingerprint density at radius 1 is 1.43 bits per heavy atom. The zero-order chi connectivity index (χ0) is 15.1. The second-order valence-electron chi connectivity index (χ2n) is 6.07. The number of ether oxygens (including phenoxy) is 1. The SMILES string of the molecule is CCCNC(CCCC1CCCO1)c1ccc(Cl)cc1C. The van der Waals surface area contributed by atoms with Crippen molar-refractivity contribution in [2.24, 2.45) is 0 Å². The Balaban J connectivity index is 1.92. The average molecular weight is 310 g/mol. The molecule has 0 aromatic heterocycles. The minimum atomic E-state index is 0.434. The number of hydrogen-bond donors (Lipinski definition) is 1. The van der Waals surface area contributed by atoms with Crippen LogP contribution in [0.3, 0.4) is 0 Å². The molecule has 1 aromatic rings. The third kappa shape index (κ3) is 5.28. The Labute approximate surface area is 134 Å². The quantitative estimate of drug-likeness (QED) is 0.726. The van der Waals surface area contributed by atoms with Crippen LogP contribution in [-0.4, -0.2) is 19.3 Å². The summed E-state index contributed by atoms with van der Waals surface area (Å²) in [6.07, 6.45) is 7.72. The fourth-order valence-electron chi connectivity index (χ4n) is 3.14. The number of aryl methyl sites for hydroxylation is 1. The predicted octanol–water partition coefficient (Wildman–Crippen LogP) is 5.04. The zero-order valence-electron chi connectivity index (χ0n) is 13.3. The van der Waals surface area contributed by atoms with Crippen LogP contribution in [0.4, 0.5) is 0 Å². The second kappa shape index (κ2) is 8.77. The highest BCUT2D eigenvalue weighted by molar-refractivity contribution is 6.30. The van der Waals surface area contributed by atoms with Crippen LogP contribution in [-0.2, 0) is 4.74 Å². The summed E-state index contributed by atoms with van der Waals surface area (Å²) in [4.78, 5) is 0. The highest BCUT2D eigenvalue weighted by Crippen LogP contribution is 2.27. The number of hydrogen-bond acceptors (Lipinski definition) is 2. The zero-order valence-corrected chi connectivity index (χ0v) is 14.1. The minimum absolute atomic E-state index is 0.434. The Hall–Kier alpha value is -0.570. The maximum Gasteiger partial charge on any atom is 0.0576 e. The van der Waals surface area contributed by atoms with Crippen LogP contribution >= 0.6 is 11.6 Å². The summed E-state index contributed by atoms with van der Waals surface area (Å²) in [5.74, 6) is 0. The van der Waals surface area contributed by atoms with Gasteiger partial charge in [-0.1, -0.05) is 24.6 Å². The van der Waals surface area contributed by atoms with Crippen molar-refractivity contribution in [1.29, 1.82) is 0 Å². The molecule has 1 aliphatic heterocycles. The molecule has 2 atom stereocenters. The van der Waals surface area contributed by atoms with Crippen LogP contribution in [0.5, 0.6) is 0 Å². The van der Waals surface area contributed by atoms with E-state index in [0.29, 0.717) is 12.1 Å². The molecule has 0 bridgehead atoms. The summed E-state index contributed by atoms with van der Waals surface area (Å²) >= 11 is 6.08. The first-order chi connectivity index (χ1) is 10.2. The lowest BCUT2D eigenvalue weighted by molar-refractivity contribution is 0.101. The van der Waals surface area contributed by atoms with Gasteiger partial charge in [0.2, 0.25) is 0 Å². The van der Waals surface area contributed by atoms with Gasteiger partial charge in [0.15, 0.2) is 0 Å². The van der Waals surface area contributed by atoms with E-state index < -0.39 is 0 Å². The molecular weight excluding hydrogens is 282 g/mol. The standard InChI is InChI=1S/C18H28ClNO/c1-3-11-20-18(8-4-6-16-7-5-12-21-16)17-10-9-15(19)13-14(17)2/h9-10,13,16,18,20H,3-8,11-12H2,1-2H3. The van der Waals surface area contributed by atoms with Crippen molar-refractivity contribution in [2.45, 2.75) is 64.5 Å². The van der Waals surface area contributed by atoms with E-state index in [4.69, 9.17) is 16.3 Å². The fourth-order valence-corrected chi connectivity index (χ4v) is 3.36. The van der Waals surface area contributed by atoms with Gasteiger partial charge in [0, 0.05) is 17.7 Å². The van der Waals surface area contributed by atoms with Crippen molar-refractivity contribution in [3.8, 4) is 0 Å². The summed E-state index contributed by atoms with van der Waals surface area (Å²) in [6, 6.07) is 6.68. The third-order valence-corrected chi connectivity index (χ3v) is 4.53. The van der Waals surface area contributed by atoms with Gasteiger partial charge in [0.25, 0.3) is 0 Å². The highest BCUT2D eigenvalue weighted by atomic mass is 35.5. The van der Waals surface area contributed by atoms with Crippen molar-refractivity contribution in [2.75, 3.05) is 13.2 Å². The first-order valence-corrected chi connectivity index (χ1v) is 8.69. The van der Waals surface area contributed by atoms with Gasteiger partial charge in [-0.3, -0.25) is 0 Å². The van der Waals surface area contributed by atoms with E-state index in [2.05, 4.69) is 31.3 Å². The monoisotopic (exact) mass is 309 g/mol. The first-order valence-electron chi connectivity index (χ1n) is 8.31. The van der Waals surface area contributed by atoms with Gasteiger partial charge in [-0.05, 0) is 75.3 Å². The van der Waals surface area contributed by atoms with Crippen molar-refractivity contribution in [3.05, 3.63) is 34.3 Å². The van der Waals surface area contributed by atoms with Crippen molar-refractivity contribution >= 4 is 11.6 Å². The minimum Gasteiger partial charge on any atom is -0.378 e. The van der Waals surface area contributed by atoms with E-state index in [1.165, 1.54) is 43.2 Å². The topological polar surface area (TPSA) is 21.3 Å². The number of nitrogens with one attached hydrogen (secondary N) is 1. The third-order valence-electron chi connectivity index (χ3n) is 4.29. The summed E-state index contributed by atoms with van der Waals surface area (Å²) in [5.41, 5.74) is 2.67. The van der Waals surface area contributed by atoms with Crippen molar-refractivity contribution in [3.63, 3.8) is 0 Å². The average Bonchev–Trinajstić information content (AvgIpc) is 2.96. The number of halogens is 1. The van der Waals surface area contributed by atoms with Gasteiger partial charge in [-0.2, -0.15) is 0 Å². The van der Waals surface area contributed by atoms with Gasteiger partial charge < -0.3 is 10.1 Å². The van der Waals surface area contributed by atoms with Crippen LogP contribution in [0.1, 0.15) is 62.6 Å². The second-order valence-corrected chi connectivity index (χ2v) is 6.51. The Bertz CT molecular complexity index is 429. The smallest absolute Gasteiger partial charge is 0.0576 e. The van der Waals surface area contributed by atoms with Crippen molar-refractivity contribution in [1.82, 2.24) is 5.32 Å². The molecule has 1 aliphatic rings. The number of rotatable bonds is 8. The van der Waals surface area contributed by atoms with E-state index >= 15 is 0 Å². The van der Waals surface area contributed by atoms with Gasteiger partial charge in [0.1, 0.15) is 0 Å². The van der Waals surface area contributed by atoms with E-state index in [1.807, 2.05) is 6.07 Å². The lowest BCUT2D eigenvalue weighted by Crippen LogP contribution is -2.23. The van der Waals surface area contributed by atoms with E-state index in [-0.39, 0.29) is 0 Å². The molecule has 3 heteroatoms. The van der Waals surface area contributed by atoms with Crippen LogP contribution < -0.4 is 5.32 Å². The normalized spacial score (nSPS) is 19.9. The van der Waals surface area contributed by atoms with Gasteiger partial charge in [0.05, 0.1) is 6.10 Å². The largest absolute Gasteiger partial charge is 0.378 e. The molecule has 2 rings (SSSR count). The molecule has 0 radical (unpaired) electrons. The molecule has 0 amide bonds. The molecule has 21 heavy (non-hydrogen) atoms. The lowest BCUT2D eigenvalue weighted by atomic mass is 9.95. The molecule has 1 fully saturated rings. The molecule has 118 valence electrons. The summed E-state index contributed by atoms with van der Waals surface area (Å²) < 4.78 is 5.72. The van der Waals surface area contributed by atoms with E-state index in [0.717, 1.165) is 24.6 Å². The molecule has 0 spiro atoms. The molecule has 0 aliphatic carbocycles. The molecule has 1 heterocycles. The maximum absolute atomic E-state index is 6.08. The van der Waals surface area contributed by atoms with Crippen LogP contribution in [0.2, 0.25) is 5.02 Å². The fraction of sp³-hybridized carbons (Fsp3) is 0.667. The maximum atomic E-state index is 6.08. The van der Waals surface area contributed by atoms with Gasteiger partial charge in [-0.15, -0.1) is 0 Å². The van der Waals surface area contributed by atoms with Crippen molar-refractivity contribution < 1.29 is 4.74 Å². The molecular formula is C18H28ClNO. The van der Waals surface area contributed by atoms with E-state index in [1.54, 1.807) is 0 Å².